The van der Waals surface area contributed by atoms with E-state index in [1.165, 1.54) is 40.0 Å². The van der Waals surface area contributed by atoms with Crippen molar-refractivity contribution in [3.8, 4) is 0 Å². The average molecular weight is 619 g/mol. The van der Waals surface area contributed by atoms with Crippen LogP contribution < -0.4 is 10.9 Å². The number of anilines is 1. The molecule has 0 saturated carbocycles. The van der Waals surface area contributed by atoms with Gasteiger partial charge in [0.25, 0.3) is 11.5 Å². The van der Waals surface area contributed by atoms with E-state index in [1.54, 1.807) is 28.2 Å². The van der Waals surface area contributed by atoms with Crippen LogP contribution in [0.4, 0.5) is 5.13 Å². The zero-order chi connectivity index (χ0) is 28.3. The molecule has 0 atom stereocenters. The van der Waals surface area contributed by atoms with Crippen molar-refractivity contribution >= 4 is 67.3 Å². The number of thiazole rings is 1. The lowest BCUT2D eigenvalue weighted by molar-refractivity contribution is 0.102. The Kier molecular flexibility index (Phi) is 8.39. The van der Waals surface area contributed by atoms with Crippen LogP contribution in [0, 0.1) is 0 Å². The van der Waals surface area contributed by atoms with Gasteiger partial charge in [-0.3, -0.25) is 19.5 Å². The highest BCUT2D eigenvalue weighted by atomic mass is 35.5. The van der Waals surface area contributed by atoms with E-state index in [2.05, 4.69) is 16.9 Å². The summed E-state index contributed by atoms with van der Waals surface area (Å²) in [5.74, 6) is 0.413. The fraction of sp³-hybridized carbons (Fsp3) is 0.226. The predicted octanol–water partition coefficient (Wildman–Crippen LogP) is 7.77. The number of aromatic nitrogens is 3. The molecule has 0 saturated heterocycles. The molecule has 2 aromatic carbocycles. The van der Waals surface area contributed by atoms with E-state index in [4.69, 9.17) is 16.6 Å². The van der Waals surface area contributed by atoms with E-state index in [0.29, 0.717) is 34.6 Å². The molecule has 1 aliphatic carbocycles. The number of halogens is 1. The average Bonchev–Trinajstić information content (AvgIpc) is 3.59. The second-order valence-corrected chi connectivity index (χ2v) is 13.4. The maximum absolute atomic E-state index is 13.5. The highest BCUT2D eigenvalue weighted by molar-refractivity contribution is 7.98. The molecule has 6 rings (SSSR count). The van der Waals surface area contributed by atoms with E-state index >= 15 is 0 Å². The number of nitrogens with one attached hydrogen (secondary N) is 1. The monoisotopic (exact) mass is 618 g/mol. The van der Waals surface area contributed by atoms with Gasteiger partial charge in [0.15, 0.2) is 10.3 Å². The Bertz CT molecular complexity index is 1810. The number of fused-ring (bicyclic) bond motifs is 3. The number of nitrogens with zero attached hydrogens (tertiary/aromatic N) is 3. The summed E-state index contributed by atoms with van der Waals surface area (Å²) in [6.45, 7) is 4.27. The highest BCUT2D eigenvalue weighted by Gasteiger charge is 2.22. The van der Waals surface area contributed by atoms with Gasteiger partial charge in [-0.2, -0.15) is 0 Å². The van der Waals surface area contributed by atoms with E-state index < -0.39 is 0 Å². The van der Waals surface area contributed by atoms with Crippen LogP contribution in [0.25, 0.3) is 10.2 Å². The zero-order valence-corrected chi connectivity index (χ0v) is 25.4. The summed E-state index contributed by atoms with van der Waals surface area (Å²) in [6, 6.07) is 15.2. The molecule has 3 heterocycles. The summed E-state index contributed by atoms with van der Waals surface area (Å²) in [6.07, 6.45) is 8.46. The van der Waals surface area contributed by atoms with Crippen LogP contribution in [0.5, 0.6) is 0 Å². The number of thiophene rings is 1. The molecule has 0 unspecified atom stereocenters. The van der Waals surface area contributed by atoms with Gasteiger partial charge in [0.1, 0.15) is 4.83 Å². The van der Waals surface area contributed by atoms with Crippen LogP contribution in [0.2, 0.25) is 5.02 Å². The van der Waals surface area contributed by atoms with E-state index in [9.17, 15) is 9.59 Å². The molecule has 6 nitrogen and oxygen atoms in total. The van der Waals surface area contributed by atoms with Gasteiger partial charge < -0.3 is 0 Å². The van der Waals surface area contributed by atoms with Gasteiger partial charge in [0.2, 0.25) is 0 Å². The van der Waals surface area contributed by atoms with Crippen LogP contribution in [0.1, 0.15) is 49.6 Å². The first-order chi connectivity index (χ1) is 20.0. The summed E-state index contributed by atoms with van der Waals surface area (Å²) in [4.78, 5) is 38.8. The number of rotatable bonds is 9. The van der Waals surface area contributed by atoms with Crippen LogP contribution in [-0.4, -0.2) is 20.4 Å². The molecule has 1 N–H and O–H groups in total. The van der Waals surface area contributed by atoms with Crippen molar-refractivity contribution in [1.29, 1.82) is 0 Å². The molecular weight excluding hydrogens is 592 g/mol. The minimum absolute atomic E-state index is 0.0287. The normalized spacial score (nSPS) is 12.8. The minimum atomic E-state index is -0.212. The van der Waals surface area contributed by atoms with Gasteiger partial charge in [-0.05, 0) is 60.6 Å². The summed E-state index contributed by atoms with van der Waals surface area (Å²) < 4.78 is 1.73. The van der Waals surface area contributed by atoms with Crippen molar-refractivity contribution < 1.29 is 4.79 Å². The first-order valence-electron chi connectivity index (χ1n) is 13.4. The SMILES string of the molecule is C=CCn1c(SCc2ccc(C(=O)Nc3ncc(Cc4ccccc4Cl)s3)cc2)nc2sc3c(c2c1=O)CCCC3. The number of aryl methyl sites for hydroxylation is 2. The number of allylic oxidation sites excluding steroid dienone is 1. The van der Waals surface area contributed by atoms with Gasteiger partial charge in [0.05, 0.1) is 5.39 Å². The van der Waals surface area contributed by atoms with E-state index in [1.807, 2.05) is 48.5 Å². The molecule has 0 spiro atoms. The standard InChI is InChI=1S/C31H27ClN4O2S3/c1-2-15-36-29(38)26-23-8-4-6-10-25(23)41-28(26)35-31(36)39-18-19-11-13-20(14-12-19)27(37)34-30-33-17-22(40-30)16-21-7-3-5-9-24(21)32/h2-3,5,7,9,11-14,17H,1,4,6,8,10,15-16,18H2,(H,33,34,37). The molecule has 1 amide bonds. The van der Waals surface area contributed by atoms with Crippen LogP contribution in [0.3, 0.4) is 0 Å². The quantitative estimate of drug-likeness (QED) is 0.104. The highest BCUT2D eigenvalue weighted by Crippen LogP contribution is 2.35. The second-order valence-electron chi connectivity index (χ2n) is 9.83. The molecule has 5 aromatic rings. The van der Waals surface area contributed by atoms with Crippen molar-refractivity contribution in [2.75, 3.05) is 5.32 Å². The van der Waals surface area contributed by atoms with E-state index in [-0.39, 0.29) is 11.5 Å². The molecule has 0 radical (unpaired) electrons. The van der Waals surface area contributed by atoms with Gasteiger partial charge in [-0.1, -0.05) is 59.8 Å². The van der Waals surface area contributed by atoms with Gasteiger partial charge in [-0.15, -0.1) is 29.3 Å². The molecule has 3 aromatic heterocycles. The van der Waals surface area contributed by atoms with Crippen LogP contribution in [-0.2, 0) is 31.6 Å². The first kappa shape index (κ1) is 27.9. The number of carbonyl (C=O) groups is 1. The Labute approximate surface area is 255 Å². The minimum Gasteiger partial charge on any atom is -0.298 e. The molecular formula is C31H27ClN4O2S3. The lowest BCUT2D eigenvalue weighted by atomic mass is 9.97. The fourth-order valence-corrected chi connectivity index (χ4v) is 8.27. The number of hydrogen-bond donors (Lipinski definition) is 1. The molecule has 0 bridgehead atoms. The third-order valence-corrected chi connectivity index (χ3v) is 10.5. The number of benzene rings is 2. The summed E-state index contributed by atoms with van der Waals surface area (Å²) >= 11 is 10.9. The van der Waals surface area contributed by atoms with Gasteiger partial charge in [0, 0.05) is 45.3 Å². The third kappa shape index (κ3) is 6.04. The van der Waals surface area contributed by atoms with Crippen molar-refractivity contribution in [3.05, 3.63) is 115 Å². The summed E-state index contributed by atoms with van der Waals surface area (Å²) in [5.41, 5.74) is 3.84. The van der Waals surface area contributed by atoms with Crippen molar-refractivity contribution in [2.24, 2.45) is 0 Å². The molecule has 208 valence electrons. The molecule has 41 heavy (non-hydrogen) atoms. The molecule has 0 aliphatic heterocycles. The lowest BCUT2D eigenvalue weighted by Gasteiger charge is -2.12. The first-order valence-corrected chi connectivity index (χ1v) is 16.4. The smallest absolute Gasteiger partial charge is 0.263 e. The molecule has 1 aliphatic rings. The molecule has 0 fully saturated rings. The number of thioether (sulfide) groups is 1. The fourth-order valence-electron chi connectivity index (χ4n) is 4.97. The molecule has 10 heteroatoms. The Morgan fingerprint density at radius 3 is 2.73 bits per heavy atom. The van der Waals surface area contributed by atoms with Crippen LogP contribution in [0.15, 0.2) is 77.3 Å². The lowest BCUT2D eigenvalue weighted by Crippen LogP contribution is -2.23. The summed E-state index contributed by atoms with van der Waals surface area (Å²) in [5, 5.41) is 5.65. The topological polar surface area (TPSA) is 76.9 Å². The maximum Gasteiger partial charge on any atom is 0.263 e. The summed E-state index contributed by atoms with van der Waals surface area (Å²) in [7, 11) is 0. The third-order valence-electron chi connectivity index (χ3n) is 7.03. The van der Waals surface area contributed by atoms with Gasteiger partial charge >= 0.3 is 0 Å². The zero-order valence-electron chi connectivity index (χ0n) is 22.2. The van der Waals surface area contributed by atoms with Crippen molar-refractivity contribution in [2.45, 2.75) is 49.6 Å². The van der Waals surface area contributed by atoms with Crippen molar-refractivity contribution in [3.63, 3.8) is 0 Å². The van der Waals surface area contributed by atoms with Crippen molar-refractivity contribution in [1.82, 2.24) is 14.5 Å². The number of carbonyl (C=O) groups excluding carboxylic acids is 1. The second kappa shape index (κ2) is 12.3. The van der Waals surface area contributed by atoms with Gasteiger partial charge in [-0.25, -0.2) is 9.97 Å². The van der Waals surface area contributed by atoms with Crippen LogP contribution >= 0.6 is 46.0 Å². The van der Waals surface area contributed by atoms with E-state index in [0.717, 1.165) is 50.5 Å². The Morgan fingerprint density at radius 1 is 1.12 bits per heavy atom. The number of hydrogen-bond acceptors (Lipinski definition) is 7. The predicted molar refractivity (Wildman–Crippen MR) is 171 cm³/mol. The Hall–Kier alpha value is -3.24. The largest absolute Gasteiger partial charge is 0.298 e. The Morgan fingerprint density at radius 2 is 1.93 bits per heavy atom. The number of amides is 1. The Balaban J connectivity index is 1.12. The maximum atomic E-state index is 13.5.